The van der Waals surface area contributed by atoms with Gasteiger partial charge in [0.05, 0.1) is 12.8 Å². The maximum atomic E-state index is 12.2. The Hall–Kier alpha value is -1.91. The molecule has 0 bridgehead atoms. The molecule has 3 rings (SSSR count). The summed E-state index contributed by atoms with van der Waals surface area (Å²) in [6.07, 6.45) is 0.890. The van der Waals surface area contributed by atoms with Crippen LogP contribution in [-0.2, 0) is 10.2 Å². The van der Waals surface area contributed by atoms with E-state index >= 15 is 0 Å². The molecule has 1 aromatic carbocycles. The largest absolute Gasteiger partial charge is 0.495 e. The average Bonchev–Trinajstić information content (AvgIpc) is 2.99. The molecule has 1 amide bonds. The zero-order valence-corrected chi connectivity index (χ0v) is 13.7. The second kappa shape index (κ2) is 4.80. The first-order valence-corrected chi connectivity index (χ1v) is 7.67. The third-order valence-corrected chi connectivity index (χ3v) is 4.61. The van der Waals surface area contributed by atoms with Gasteiger partial charge < -0.3 is 20.1 Å². The van der Waals surface area contributed by atoms with Gasteiger partial charge in [0.1, 0.15) is 11.4 Å². The summed E-state index contributed by atoms with van der Waals surface area (Å²) < 4.78 is 10.8. The fourth-order valence-electron chi connectivity index (χ4n) is 3.42. The molecule has 2 N–H and O–H groups in total. The van der Waals surface area contributed by atoms with Crippen molar-refractivity contribution < 1.29 is 14.3 Å². The monoisotopic (exact) mass is 304 g/mol. The molecular formula is C17H24N2O3. The molecule has 0 radical (unpaired) electrons. The molecule has 120 valence electrons. The second-order valence-corrected chi connectivity index (χ2v) is 7.37. The van der Waals surface area contributed by atoms with Gasteiger partial charge in [-0.25, -0.2) is 4.79 Å². The molecule has 2 aliphatic rings. The van der Waals surface area contributed by atoms with Crippen LogP contribution in [-0.4, -0.2) is 36.8 Å². The van der Waals surface area contributed by atoms with Crippen molar-refractivity contribution in [3.8, 4) is 5.75 Å². The van der Waals surface area contributed by atoms with Crippen LogP contribution in [0.5, 0.6) is 5.75 Å². The predicted octanol–water partition coefficient (Wildman–Crippen LogP) is 2.79. The molecule has 2 atom stereocenters. The molecule has 5 heteroatoms. The number of hydrogen-bond donors (Lipinski definition) is 1. The van der Waals surface area contributed by atoms with Gasteiger partial charge in [-0.1, -0.05) is 6.07 Å². The lowest BCUT2D eigenvalue weighted by Crippen LogP contribution is -2.37. The van der Waals surface area contributed by atoms with E-state index in [2.05, 4.69) is 6.07 Å². The highest BCUT2D eigenvalue weighted by molar-refractivity contribution is 5.70. The first-order chi connectivity index (χ1) is 10.2. The van der Waals surface area contributed by atoms with Crippen LogP contribution in [0.25, 0.3) is 0 Å². The van der Waals surface area contributed by atoms with Crippen molar-refractivity contribution in [1.82, 2.24) is 4.90 Å². The zero-order valence-electron chi connectivity index (χ0n) is 13.7. The Bertz CT molecular complexity index is 608. The zero-order chi connectivity index (χ0) is 16.1. The number of ether oxygens (including phenoxy) is 2. The van der Waals surface area contributed by atoms with Crippen molar-refractivity contribution in [2.75, 3.05) is 25.9 Å². The number of piperidine rings is 1. The predicted molar refractivity (Wildman–Crippen MR) is 85.0 cm³/mol. The summed E-state index contributed by atoms with van der Waals surface area (Å²) in [5.41, 5.74) is 7.33. The van der Waals surface area contributed by atoms with Crippen LogP contribution >= 0.6 is 0 Å². The number of hydrogen-bond acceptors (Lipinski definition) is 4. The fraction of sp³-hybridized carbons (Fsp3) is 0.588. The van der Waals surface area contributed by atoms with E-state index in [0.717, 1.165) is 13.0 Å². The van der Waals surface area contributed by atoms with Crippen molar-refractivity contribution in [2.45, 2.75) is 38.2 Å². The summed E-state index contributed by atoms with van der Waals surface area (Å²) in [4.78, 5) is 14.1. The minimum atomic E-state index is -0.457. The lowest BCUT2D eigenvalue weighted by molar-refractivity contribution is 0.0270. The van der Waals surface area contributed by atoms with Crippen molar-refractivity contribution in [1.29, 1.82) is 0 Å². The van der Waals surface area contributed by atoms with E-state index in [0.29, 0.717) is 23.9 Å². The van der Waals surface area contributed by atoms with Crippen molar-refractivity contribution >= 4 is 11.8 Å². The van der Waals surface area contributed by atoms with Crippen LogP contribution in [0.15, 0.2) is 18.2 Å². The molecule has 2 unspecified atom stereocenters. The lowest BCUT2D eigenvalue weighted by atomic mass is 9.94. The van der Waals surface area contributed by atoms with Crippen molar-refractivity contribution in [3.63, 3.8) is 0 Å². The number of amides is 1. The number of methoxy groups -OCH3 is 1. The third kappa shape index (κ3) is 2.49. The Morgan fingerprint density at radius 1 is 1.41 bits per heavy atom. The van der Waals surface area contributed by atoms with Crippen LogP contribution in [0.2, 0.25) is 0 Å². The van der Waals surface area contributed by atoms with E-state index in [9.17, 15) is 4.79 Å². The summed E-state index contributed by atoms with van der Waals surface area (Å²) in [7, 11) is 1.62. The summed E-state index contributed by atoms with van der Waals surface area (Å²) in [5.74, 6) is 1.21. The molecule has 5 nitrogen and oxygen atoms in total. The topological polar surface area (TPSA) is 64.8 Å². The Kier molecular flexibility index (Phi) is 3.27. The Balaban J connectivity index is 1.76. The SMILES string of the molecule is COc1cc(C23CC2CN(C(=O)OC(C)(C)C)C3)ccc1N. The smallest absolute Gasteiger partial charge is 0.410 e. The Labute approximate surface area is 131 Å². The molecule has 0 aromatic heterocycles. The summed E-state index contributed by atoms with van der Waals surface area (Å²) >= 11 is 0. The molecule has 2 fully saturated rings. The molecular weight excluding hydrogens is 280 g/mol. The molecule has 1 aliphatic carbocycles. The molecule has 1 heterocycles. The number of anilines is 1. The van der Waals surface area contributed by atoms with E-state index in [4.69, 9.17) is 15.2 Å². The van der Waals surface area contributed by atoms with E-state index in [1.54, 1.807) is 7.11 Å². The minimum Gasteiger partial charge on any atom is -0.495 e. The maximum absolute atomic E-state index is 12.2. The number of nitrogens with two attached hydrogens (primary N) is 1. The van der Waals surface area contributed by atoms with Crippen LogP contribution in [0.1, 0.15) is 32.8 Å². The van der Waals surface area contributed by atoms with Crippen LogP contribution < -0.4 is 10.5 Å². The van der Waals surface area contributed by atoms with Crippen LogP contribution in [0.3, 0.4) is 0 Å². The van der Waals surface area contributed by atoms with Gasteiger partial charge in [-0.05, 0) is 50.8 Å². The van der Waals surface area contributed by atoms with Crippen molar-refractivity contribution in [3.05, 3.63) is 23.8 Å². The van der Waals surface area contributed by atoms with Gasteiger partial charge in [-0.3, -0.25) is 0 Å². The van der Waals surface area contributed by atoms with Gasteiger partial charge in [0.15, 0.2) is 0 Å². The number of nitrogens with zero attached hydrogens (tertiary/aromatic N) is 1. The molecule has 22 heavy (non-hydrogen) atoms. The molecule has 1 saturated carbocycles. The summed E-state index contributed by atoms with van der Waals surface area (Å²) in [6.45, 7) is 7.15. The molecule has 1 aromatic rings. The number of carbonyl (C=O) groups excluding carboxylic acids is 1. The Morgan fingerprint density at radius 2 is 2.14 bits per heavy atom. The molecule has 0 spiro atoms. The first-order valence-electron chi connectivity index (χ1n) is 7.67. The number of nitrogen functional groups attached to an aromatic ring is 1. The standard InChI is InChI=1S/C17H24N2O3/c1-16(2,3)22-15(20)19-9-12-8-17(12,10-19)11-5-6-13(18)14(7-11)21-4/h5-7,12H,8-10,18H2,1-4H3. The number of fused-ring (bicyclic) bond motifs is 1. The maximum Gasteiger partial charge on any atom is 0.410 e. The van der Waals surface area contributed by atoms with Gasteiger partial charge in [-0.15, -0.1) is 0 Å². The number of benzene rings is 1. The van der Waals surface area contributed by atoms with E-state index in [1.165, 1.54) is 5.56 Å². The lowest BCUT2D eigenvalue weighted by Gasteiger charge is -2.26. The molecule has 1 saturated heterocycles. The third-order valence-electron chi connectivity index (χ3n) is 4.61. The first kappa shape index (κ1) is 15.0. The molecule has 1 aliphatic heterocycles. The second-order valence-electron chi connectivity index (χ2n) is 7.37. The highest BCUT2D eigenvalue weighted by Crippen LogP contribution is 2.59. The number of carbonyl (C=O) groups is 1. The number of likely N-dealkylation sites (tertiary alicyclic amines) is 1. The highest BCUT2D eigenvalue weighted by atomic mass is 16.6. The van der Waals surface area contributed by atoms with Crippen molar-refractivity contribution in [2.24, 2.45) is 5.92 Å². The van der Waals surface area contributed by atoms with Gasteiger partial charge >= 0.3 is 6.09 Å². The summed E-state index contributed by atoms with van der Waals surface area (Å²) in [5, 5.41) is 0. The normalized spacial score (nSPS) is 26.5. The number of rotatable bonds is 2. The highest BCUT2D eigenvalue weighted by Gasteiger charge is 2.62. The van der Waals surface area contributed by atoms with Gasteiger partial charge in [-0.2, -0.15) is 0 Å². The van der Waals surface area contributed by atoms with E-state index in [-0.39, 0.29) is 11.5 Å². The summed E-state index contributed by atoms with van der Waals surface area (Å²) in [6, 6.07) is 5.94. The Morgan fingerprint density at radius 3 is 2.77 bits per heavy atom. The fourth-order valence-corrected chi connectivity index (χ4v) is 3.42. The van der Waals surface area contributed by atoms with Gasteiger partial charge in [0.25, 0.3) is 0 Å². The van der Waals surface area contributed by atoms with Gasteiger partial charge in [0.2, 0.25) is 0 Å². The van der Waals surface area contributed by atoms with E-state index in [1.807, 2.05) is 37.8 Å². The van der Waals surface area contributed by atoms with E-state index < -0.39 is 5.60 Å². The minimum absolute atomic E-state index is 0.0535. The van der Waals surface area contributed by atoms with Crippen LogP contribution in [0.4, 0.5) is 10.5 Å². The quantitative estimate of drug-likeness (QED) is 0.853. The van der Waals surface area contributed by atoms with Crippen LogP contribution in [0, 0.1) is 5.92 Å². The average molecular weight is 304 g/mol. The van der Waals surface area contributed by atoms with Gasteiger partial charge in [0, 0.05) is 18.5 Å².